The molecule has 1 aromatic heterocycles. The third-order valence-corrected chi connectivity index (χ3v) is 2.82. The number of anilines is 2. The normalized spacial score (nSPS) is 12.2. The monoisotopic (exact) mass is 245 g/mol. The van der Waals surface area contributed by atoms with Crippen LogP contribution in [0.2, 0.25) is 0 Å². The molecule has 0 saturated heterocycles. The number of halogens is 1. The Hall–Kier alpha value is -1.94. The van der Waals surface area contributed by atoms with Crippen LogP contribution in [-0.4, -0.2) is 12.0 Å². The van der Waals surface area contributed by atoms with Crippen molar-refractivity contribution >= 4 is 11.4 Å². The number of rotatable bonds is 3. The van der Waals surface area contributed by atoms with Crippen LogP contribution in [-0.2, 0) is 0 Å². The minimum atomic E-state index is -0.250. The van der Waals surface area contributed by atoms with E-state index in [0.29, 0.717) is 0 Å². The Morgan fingerprint density at radius 3 is 2.56 bits per heavy atom. The van der Waals surface area contributed by atoms with Gasteiger partial charge >= 0.3 is 0 Å². The van der Waals surface area contributed by atoms with Gasteiger partial charge in [0, 0.05) is 18.8 Å². The second-order valence-electron chi connectivity index (χ2n) is 4.27. The molecule has 0 aliphatic rings. The van der Waals surface area contributed by atoms with Crippen molar-refractivity contribution in [3.8, 4) is 0 Å². The average molecular weight is 245 g/mol. The lowest BCUT2D eigenvalue weighted by atomic mass is 10.2. The third-order valence-electron chi connectivity index (χ3n) is 2.82. The first kappa shape index (κ1) is 12.5. The summed E-state index contributed by atoms with van der Waals surface area (Å²) in [6, 6.07) is 10.2. The molecular weight excluding hydrogens is 229 g/mol. The lowest BCUT2D eigenvalue weighted by molar-refractivity contribution is 0.628. The van der Waals surface area contributed by atoms with Crippen molar-refractivity contribution in [3.05, 3.63) is 54.1 Å². The van der Waals surface area contributed by atoms with Gasteiger partial charge in [-0.2, -0.15) is 0 Å². The van der Waals surface area contributed by atoms with Gasteiger partial charge in [-0.3, -0.25) is 4.98 Å². The molecule has 94 valence electrons. The summed E-state index contributed by atoms with van der Waals surface area (Å²) in [5.41, 5.74) is 8.26. The number of benzene rings is 1. The summed E-state index contributed by atoms with van der Waals surface area (Å²) >= 11 is 0. The molecule has 0 spiro atoms. The zero-order valence-electron chi connectivity index (χ0n) is 10.5. The minimum Gasteiger partial charge on any atom is -0.343 e. The molecule has 0 amide bonds. The summed E-state index contributed by atoms with van der Waals surface area (Å²) in [7, 11) is 1.87. The topological polar surface area (TPSA) is 42.1 Å². The van der Waals surface area contributed by atoms with Gasteiger partial charge in [0.1, 0.15) is 5.82 Å². The van der Waals surface area contributed by atoms with Crippen molar-refractivity contribution in [1.82, 2.24) is 4.98 Å². The van der Waals surface area contributed by atoms with Crippen molar-refractivity contribution in [2.45, 2.75) is 13.0 Å². The predicted octanol–water partition coefficient (Wildman–Crippen LogP) is 3.01. The molecule has 1 aromatic carbocycles. The van der Waals surface area contributed by atoms with Gasteiger partial charge in [0.2, 0.25) is 0 Å². The first-order valence-corrected chi connectivity index (χ1v) is 5.79. The van der Waals surface area contributed by atoms with E-state index in [2.05, 4.69) is 4.98 Å². The Kier molecular flexibility index (Phi) is 3.58. The largest absolute Gasteiger partial charge is 0.343 e. The Morgan fingerprint density at radius 1 is 1.22 bits per heavy atom. The highest BCUT2D eigenvalue weighted by atomic mass is 19.1. The number of nitrogens with zero attached hydrogens (tertiary/aromatic N) is 2. The maximum atomic E-state index is 13.2. The molecule has 1 heterocycles. The minimum absolute atomic E-state index is 0.0847. The molecule has 0 unspecified atom stereocenters. The van der Waals surface area contributed by atoms with Gasteiger partial charge in [0.25, 0.3) is 0 Å². The highest BCUT2D eigenvalue weighted by Crippen LogP contribution is 2.23. The SMILES string of the molecule is C[C@H](N)c1ccc(N(C)c2cccc(F)c2)cn1. The van der Waals surface area contributed by atoms with E-state index in [-0.39, 0.29) is 11.9 Å². The molecule has 2 rings (SSSR count). The summed E-state index contributed by atoms with van der Waals surface area (Å²) in [4.78, 5) is 6.16. The molecule has 3 nitrogen and oxygen atoms in total. The van der Waals surface area contributed by atoms with E-state index in [1.165, 1.54) is 12.1 Å². The van der Waals surface area contributed by atoms with Crippen molar-refractivity contribution in [2.24, 2.45) is 5.73 Å². The van der Waals surface area contributed by atoms with E-state index >= 15 is 0 Å². The van der Waals surface area contributed by atoms with Crippen molar-refractivity contribution in [1.29, 1.82) is 0 Å². The molecule has 0 saturated carbocycles. The summed E-state index contributed by atoms with van der Waals surface area (Å²) in [5.74, 6) is -0.250. The first-order valence-electron chi connectivity index (χ1n) is 5.79. The van der Waals surface area contributed by atoms with Crippen LogP contribution in [0.25, 0.3) is 0 Å². The molecule has 2 aromatic rings. The van der Waals surface area contributed by atoms with E-state index in [0.717, 1.165) is 17.1 Å². The third kappa shape index (κ3) is 2.65. The van der Waals surface area contributed by atoms with Gasteiger partial charge in [-0.25, -0.2) is 4.39 Å². The smallest absolute Gasteiger partial charge is 0.125 e. The Balaban J connectivity index is 2.26. The van der Waals surface area contributed by atoms with Gasteiger partial charge in [-0.1, -0.05) is 6.07 Å². The molecule has 4 heteroatoms. The fourth-order valence-corrected chi connectivity index (χ4v) is 1.70. The van der Waals surface area contributed by atoms with Crippen LogP contribution >= 0.6 is 0 Å². The molecule has 2 N–H and O–H groups in total. The van der Waals surface area contributed by atoms with E-state index in [1.54, 1.807) is 12.3 Å². The lowest BCUT2D eigenvalue weighted by Gasteiger charge is -2.19. The van der Waals surface area contributed by atoms with Gasteiger partial charge in [-0.15, -0.1) is 0 Å². The zero-order chi connectivity index (χ0) is 13.1. The molecule has 0 aliphatic carbocycles. The fraction of sp³-hybridized carbons (Fsp3) is 0.214. The van der Waals surface area contributed by atoms with Gasteiger partial charge in [0.15, 0.2) is 0 Å². The lowest BCUT2D eigenvalue weighted by Crippen LogP contribution is -2.12. The Bertz CT molecular complexity index is 523. The summed E-state index contributed by atoms with van der Waals surface area (Å²) in [6.45, 7) is 1.89. The van der Waals surface area contributed by atoms with Crippen LogP contribution < -0.4 is 10.6 Å². The molecule has 0 fully saturated rings. The van der Waals surface area contributed by atoms with Crippen LogP contribution in [0.4, 0.5) is 15.8 Å². The average Bonchev–Trinajstić information content (AvgIpc) is 2.38. The van der Waals surface area contributed by atoms with Crippen molar-refractivity contribution in [2.75, 3.05) is 11.9 Å². The summed E-state index contributed by atoms with van der Waals surface area (Å²) in [6.07, 6.45) is 1.74. The van der Waals surface area contributed by atoms with Crippen LogP contribution in [0, 0.1) is 5.82 Å². The summed E-state index contributed by atoms with van der Waals surface area (Å²) in [5, 5.41) is 0. The number of pyridine rings is 1. The predicted molar refractivity (Wildman–Crippen MR) is 71.3 cm³/mol. The molecule has 0 bridgehead atoms. The number of aromatic nitrogens is 1. The van der Waals surface area contributed by atoms with E-state index in [9.17, 15) is 4.39 Å². The van der Waals surface area contributed by atoms with Crippen molar-refractivity contribution < 1.29 is 4.39 Å². The quantitative estimate of drug-likeness (QED) is 0.903. The second kappa shape index (κ2) is 5.14. The van der Waals surface area contributed by atoms with E-state index < -0.39 is 0 Å². The van der Waals surface area contributed by atoms with E-state index in [4.69, 9.17) is 5.73 Å². The first-order chi connectivity index (χ1) is 8.58. The Morgan fingerprint density at radius 2 is 2.00 bits per heavy atom. The van der Waals surface area contributed by atoms with Gasteiger partial charge in [-0.05, 0) is 37.3 Å². The van der Waals surface area contributed by atoms with Crippen LogP contribution in [0.15, 0.2) is 42.6 Å². The molecule has 0 radical (unpaired) electrons. The molecule has 0 aliphatic heterocycles. The summed E-state index contributed by atoms with van der Waals surface area (Å²) < 4.78 is 13.2. The fourth-order valence-electron chi connectivity index (χ4n) is 1.70. The molecule has 18 heavy (non-hydrogen) atoms. The Labute approximate surface area is 106 Å². The van der Waals surface area contributed by atoms with Crippen molar-refractivity contribution in [3.63, 3.8) is 0 Å². The maximum absolute atomic E-state index is 13.2. The van der Waals surface area contributed by atoms with Gasteiger partial charge in [0.05, 0.1) is 17.6 Å². The molecule has 1 atom stereocenters. The van der Waals surface area contributed by atoms with Crippen LogP contribution in [0.5, 0.6) is 0 Å². The second-order valence-corrected chi connectivity index (χ2v) is 4.27. The highest BCUT2D eigenvalue weighted by Gasteiger charge is 2.06. The number of hydrogen-bond acceptors (Lipinski definition) is 3. The van der Waals surface area contributed by atoms with Crippen LogP contribution in [0.1, 0.15) is 18.7 Å². The standard InChI is InChI=1S/C14H16FN3/c1-10(16)14-7-6-13(9-17-14)18(2)12-5-3-4-11(15)8-12/h3-10H,16H2,1-2H3/t10-/m0/s1. The highest BCUT2D eigenvalue weighted by molar-refractivity contribution is 5.61. The number of nitrogens with two attached hydrogens (primary N) is 1. The van der Waals surface area contributed by atoms with Gasteiger partial charge < -0.3 is 10.6 Å². The van der Waals surface area contributed by atoms with Crippen LogP contribution in [0.3, 0.4) is 0 Å². The number of hydrogen-bond donors (Lipinski definition) is 1. The maximum Gasteiger partial charge on any atom is 0.125 e. The van der Waals surface area contributed by atoms with E-state index in [1.807, 2.05) is 37.1 Å². The molecular formula is C14H16FN3. The zero-order valence-corrected chi connectivity index (χ0v) is 10.5.